The predicted molar refractivity (Wildman–Crippen MR) is 96.7 cm³/mol. The van der Waals surface area contributed by atoms with Crippen LogP contribution in [0.4, 0.5) is 10.6 Å². The van der Waals surface area contributed by atoms with E-state index in [1.807, 2.05) is 24.3 Å². The zero-order valence-electron chi connectivity index (χ0n) is 14.2. The van der Waals surface area contributed by atoms with Gasteiger partial charge in [0.1, 0.15) is 5.82 Å². The van der Waals surface area contributed by atoms with Gasteiger partial charge in [0.25, 0.3) is 0 Å². The van der Waals surface area contributed by atoms with Gasteiger partial charge in [0.2, 0.25) is 0 Å². The predicted octanol–water partition coefficient (Wildman–Crippen LogP) is 3.78. The first-order chi connectivity index (χ1) is 12.3. The van der Waals surface area contributed by atoms with Crippen LogP contribution in [-0.4, -0.2) is 24.2 Å². The van der Waals surface area contributed by atoms with Crippen LogP contribution >= 0.6 is 0 Å². The lowest BCUT2D eigenvalue weighted by Gasteiger charge is -2.26. The Morgan fingerprint density at radius 2 is 2.04 bits per heavy atom. The summed E-state index contributed by atoms with van der Waals surface area (Å²) in [6, 6.07) is 14.0. The molecule has 1 aliphatic carbocycles. The van der Waals surface area contributed by atoms with Crippen LogP contribution in [0.1, 0.15) is 48.1 Å². The number of ether oxygens (including phenoxy) is 1. The van der Waals surface area contributed by atoms with E-state index in [9.17, 15) is 4.79 Å². The summed E-state index contributed by atoms with van der Waals surface area (Å²) < 4.78 is 5.87. The molecule has 25 heavy (non-hydrogen) atoms. The monoisotopic (exact) mass is 337 g/mol. The van der Waals surface area contributed by atoms with Gasteiger partial charge in [-0.25, -0.2) is 9.78 Å². The van der Waals surface area contributed by atoms with Crippen LogP contribution in [0.3, 0.4) is 0 Å². The number of carbonyl (C=O) groups is 1. The second kappa shape index (κ2) is 7.23. The standard InChI is InChI=1S/C20H23N3O2/c24-20(23-19-7-3-6-17(22-19)15-8-9-15)21-12-10-18-16-5-2-1-4-14(16)11-13-25-18/h1-7,15,18H,8-13H2,(H2,21,22,23,24). The number of nitrogens with zero attached hydrogens (tertiary/aromatic N) is 1. The molecule has 2 aliphatic rings. The highest BCUT2D eigenvalue weighted by atomic mass is 16.5. The third-order valence-electron chi connectivity index (χ3n) is 4.79. The van der Waals surface area contributed by atoms with Crippen molar-refractivity contribution in [3.05, 3.63) is 59.3 Å². The number of anilines is 1. The van der Waals surface area contributed by atoms with Gasteiger partial charge in [-0.05, 0) is 48.9 Å². The average Bonchev–Trinajstić information content (AvgIpc) is 3.47. The maximum Gasteiger partial charge on any atom is 0.320 e. The number of aromatic nitrogens is 1. The van der Waals surface area contributed by atoms with Gasteiger partial charge in [-0.15, -0.1) is 0 Å². The summed E-state index contributed by atoms with van der Waals surface area (Å²) in [6.07, 6.45) is 4.18. The third-order valence-corrected chi connectivity index (χ3v) is 4.79. The second-order valence-electron chi connectivity index (χ2n) is 6.70. The van der Waals surface area contributed by atoms with Crippen LogP contribution in [0.25, 0.3) is 0 Å². The lowest BCUT2D eigenvalue weighted by Crippen LogP contribution is -2.31. The van der Waals surface area contributed by atoms with E-state index in [0.29, 0.717) is 18.3 Å². The van der Waals surface area contributed by atoms with E-state index in [0.717, 1.165) is 25.1 Å². The SMILES string of the molecule is O=C(NCCC1OCCc2ccccc21)Nc1cccc(C2CC2)n1. The summed E-state index contributed by atoms with van der Waals surface area (Å²) in [5.74, 6) is 1.19. The second-order valence-corrected chi connectivity index (χ2v) is 6.70. The van der Waals surface area contributed by atoms with Gasteiger partial charge in [0.15, 0.2) is 0 Å². The van der Waals surface area contributed by atoms with Crippen LogP contribution in [0.5, 0.6) is 0 Å². The number of amides is 2. The summed E-state index contributed by atoms with van der Waals surface area (Å²) in [4.78, 5) is 16.6. The Labute approximate surface area is 147 Å². The lowest BCUT2D eigenvalue weighted by atomic mass is 9.96. The summed E-state index contributed by atoms with van der Waals surface area (Å²) in [5, 5.41) is 5.72. The van der Waals surface area contributed by atoms with E-state index in [2.05, 4.69) is 33.8 Å². The molecule has 2 aromatic rings. The van der Waals surface area contributed by atoms with E-state index < -0.39 is 0 Å². The molecule has 2 amide bonds. The quantitative estimate of drug-likeness (QED) is 0.872. The first kappa shape index (κ1) is 16.1. The van der Waals surface area contributed by atoms with Gasteiger partial charge in [-0.1, -0.05) is 30.3 Å². The Morgan fingerprint density at radius 3 is 2.92 bits per heavy atom. The number of rotatable bonds is 5. The average molecular weight is 337 g/mol. The molecule has 1 fully saturated rings. The Balaban J connectivity index is 1.27. The molecule has 1 unspecified atom stereocenters. The van der Waals surface area contributed by atoms with Crippen molar-refractivity contribution in [1.82, 2.24) is 10.3 Å². The highest BCUT2D eigenvalue weighted by Crippen LogP contribution is 2.39. The number of nitrogens with one attached hydrogen (secondary N) is 2. The molecule has 130 valence electrons. The fraction of sp³-hybridized carbons (Fsp3) is 0.400. The van der Waals surface area contributed by atoms with Crippen molar-refractivity contribution in [3.63, 3.8) is 0 Å². The van der Waals surface area contributed by atoms with Crippen LogP contribution in [0, 0.1) is 0 Å². The fourth-order valence-electron chi connectivity index (χ4n) is 3.32. The van der Waals surface area contributed by atoms with E-state index in [1.165, 1.54) is 24.0 Å². The van der Waals surface area contributed by atoms with Crippen molar-refractivity contribution >= 4 is 11.8 Å². The molecule has 1 aromatic heterocycles. The van der Waals surface area contributed by atoms with E-state index in [4.69, 9.17) is 4.74 Å². The highest BCUT2D eigenvalue weighted by Gasteiger charge is 2.25. The van der Waals surface area contributed by atoms with Crippen molar-refractivity contribution in [2.75, 3.05) is 18.5 Å². The molecule has 0 saturated heterocycles. The van der Waals surface area contributed by atoms with E-state index in [-0.39, 0.29) is 12.1 Å². The van der Waals surface area contributed by atoms with Crippen molar-refractivity contribution in [1.29, 1.82) is 0 Å². The van der Waals surface area contributed by atoms with Gasteiger partial charge in [0.05, 0.1) is 12.7 Å². The number of pyridine rings is 1. The molecule has 1 aromatic carbocycles. The Hall–Kier alpha value is -2.40. The van der Waals surface area contributed by atoms with Gasteiger partial charge in [0, 0.05) is 18.2 Å². The number of carbonyl (C=O) groups excluding carboxylic acids is 1. The Bertz CT molecular complexity index is 758. The molecule has 1 atom stereocenters. The summed E-state index contributed by atoms with van der Waals surface area (Å²) >= 11 is 0. The zero-order valence-corrected chi connectivity index (χ0v) is 14.2. The Kier molecular flexibility index (Phi) is 4.65. The molecular weight excluding hydrogens is 314 g/mol. The molecular formula is C20H23N3O2. The molecule has 0 spiro atoms. The minimum Gasteiger partial charge on any atom is -0.373 e. The third kappa shape index (κ3) is 3.99. The number of benzene rings is 1. The number of urea groups is 1. The summed E-state index contributed by atoms with van der Waals surface area (Å²) in [6.45, 7) is 1.30. The molecule has 0 radical (unpaired) electrons. The Morgan fingerprint density at radius 1 is 1.16 bits per heavy atom. The molecule has 2 heterocycles. The van der Waals surface area contributed by atoms with Gasteiger partial charge in [-0.3, -0.25) is 5.32 Å². The fourth-order valence-corrected chi connectivity index (χ4v) is 3.32. The largest absolute Gasteiger partial charge is 0.373 e. The molecule has 4 rings (SSSR count). The molecule has 1 saturated carbocycles. The number of hydrogen-bond donors (Lipinski definition) is 2. The van der Waals surface area contributed by atoms with Crippen LogP contribution in [0.2, 0.25) is 0 Å². The normalized spacial score (nSPS) is 19.1. The first-order valence-electron chi connectivity index (χ1n) is 9.01. The number of fused-ring (bicyclic) bond motifs is 1. The lowest BCUT2D eigenvalue weighted by molar-refractivity contribution is 0.0373. The van der Waals surface area contributed by atoms with Crippen LogP contribution < -0.4 is 10.6 Å². The molecule has 5 heteroatoms. The topological polar surface area (TPSA) is 63.2 Å². The first-order valence-corrected chi connectivity index (χ1v) is 9.01. The maximum atomic E-state index is 12.1. The van der Waals surface area contributed by atoms with Crippen molar-refractivity contribution < 1.29 is 9.53 Å². The van der Waals surface area contributed by atoms with Gasteiger partial charge >= 0.3 is 6.03 Å². The minimum absolute atomic E-state index is 0.0570. The zero-order chi connectivity index (χ0) is 17.1. The van der Waals surface area contributed by atoms with E-state index in [1.54, 1.807) is 0 Å². The van der Waals surface area contributed by atoms with Crippen LogP contribution in [0.15, 0.2) is 42.5 Å². The molecule has 1 aliphatic heterocycles. The van der Waals surface area contributed by atoms with Crippen LogP contribution in [-0.2, 0) is 11.2 Å². The van der Waals surface area contributed by atoms with Crippen molar-refractivity contribution in [2.24, 2.45) is 0 Å². The number of hydrogen-bond acceptors (Lipinski definition) is 3. The summed E-state index contributed by atoms with van der Waals surface area (Å²) in [7, 11) is 0. The van der Waals surface area contributed by atoms with E-state index >= 15 is 0 Å². The smallest absolute Gasteiger partial charge is 0.320 e. The van der Waals surface area contributed by atoms with Crippen molar-refractivity contribution in [3.8, 4) is 0 Å². The minimum atomic E-state index is -0.218. The maximum absolute atomic E-state index is 12.1. The van der Waals surface area contributed by atoms with Crippen molar-refractivity contribution in [2.45, 2.75) is 37.7 Å². The molecule has 2 N–H and O–H groups in total. The van der Waals surface area contributed by atoms with Gasteiger partial charge in [-0.2, -0.15) is 0 Å². The summed E-state index contributed by atoms with van der Waals surface area (Å²) in [5.41, 5.74) is 3.67. The molecule has 5 nitrogen and oxygen atoms in total. The molecule has 0 bridgehead atoms. The van der Waals surface area contributed by atoms with Gasteiger partial charge < -0.3 is 10.1 Å². The highest BCUT2D eigenvalue weighted by molar-refractivity contribution is 5.88.